The summed E-state index contributed by atoms with van der Waals surface area (Å²) in [6.45, 7) is 1.61. The molecule has 1 atom stereocenters. The van der Waals surface area contributed by atoms with E-state index in [2.05, 4.69) is 18.6 Å². The average molecular weight is 188 g/mol. The molecule has 0 fully saturated rings. The number of hydrogen-bond donors (Lipinski definition) is 0. The molecule has 0 aliphatic heterocycles. The van der Waals surface area contributed by atoms with Crippen molar-refractivity contribution in [2.24, 2.45) is 0 Å². The fourth-order valence-corrected chi connectivity index (χ4v) is 1.94. The summed E-state index contributed by atoms with van der Waals surface area (Å²) in [7, 11) is 1.85. The Morgan fingerprint density at radius 3 is 2.86 bits per heavy atom. The van der Waals surface area contributed by atoms with E-state index in [-0.39, 0.29) is 11.9 Å². The maximum absolute atomic E-state index is 11.2. The smallest absolute Gasteiger partial charge is 0.219 e. The fourth-order valence-electron chi connectivity index (χ4n) is 1.94. The molecule has 0 heterocycles. The van der Waals surface area contributed by atoms with Crippen LogP contribution in [0.2, 0.25) is 0 Å². The molecule has 0 aromatic heterocycles. The van der Waals surface area contributed by atoms with E-state index in [9.17, 15) is 4.79 Å². The second-order valence-corrected chi connectivity index (χ2v) is 3.71. The summed E-state index contributed by atoms with van der Waals surface area (Å²) in [6.07, 6.45) is 3.16. The average Bonchev–Trinajstić information content (AvgIpc) is 2.60. The van der Waals surface area contributed by atoms with Crippen molar-refractivity contribution in [3.63, 3.8) is 0 Å². The van der Waals surface area contributed by atoms with Gasteiger partial charge in [-0.3, -0.25) is 4.79 Å². The molecule has 0 spiro atoms. The highest BCUT2D eigenvalue weighted by atomic mass is 16.2. The third-order valence-corrected chi connectivity index (χ3v) is 2.85. The van der Waals surface area contributed by atoms with Crippen LogP contribution in [-0.4, -0.2) is 17.9 Å². The largest absolute Gasteiger partial charge is 0.339 e. The van der Waals surface area contributed by atoms with E-state index in [0.29, 0.717) is 0 Å². The van der Waals surface area contributed by atoms with Crippen LogP contribution < -0.4 is 0 Å². The van der Waals surface area contributed by atoms with Crippen molar-refractivity contribution in [3.05, 3.63) is 41.8 Å². The lowest BCUT2D eigenvalue weighted by Gasteiger charge is -2.23. The van der Waals surface area contributed by atoms with Crippen LogP contribution in [0.3, 0.4) is 0 Å². The second kappa shape index (κ2) is 3.45. The minimum absolute atomic E-state index is 0.114. The van der Waals surface area contributed by atoms with Crippen molar-refractivity contribution >= 4 is 5.91 Å². The highest BCUT2D eigenvalue weighted by molar-refractivity contribution is 5.74. The number of nitrogens with zero attached hydrogens (tertiary/aromatic N) is 1. The first-order chi connectivity index (χ1) is 6.70. The zero-order valence-corrected chi connectivity index (χ0v) is 8.53. The Labute approximate surface area is 84.5 Å². The van der Waals surface area contributed by atoms with Crippen molar-refractivity contribution in [1.29, 1.82) is 0 Å². The van der Waals surface area contributed by atoms with Gasteiger partial charge in [0.2, 0.25) is 5.91 Å². The van der Waals surface area contributed by atoms with E-state index >= 15 is 0 Å². The normalized spacial score (nSPS) is 19.1. The second-order valence-electron chi connectivity index (χ2n) is 3.71. The lowest BCUT2D eigenvalue weighted by molar-refractivity contribution is -0.129. The van der Waals surface area contributed by atoms with Gasteiger partial charge in [-0.05, 0) is 24.0 Å². The SMILES string of the molecule is CC(=O)N(C)C1[CH]Cc2ccccc21. The van der Waals surface area contributed by atoms with Gasteiger partial charge in [-0.25, -0.2) is 0 Å². The van der Waals surface area contributed by atoms with Crippen molar-refractivity contribution in [1.82, 2.24) is 4.90 Å². The fraction of sp³-hybridized carbons (Fsp3) is 0.333. The van der Waals surface area contributed by atoms with E-state index in [1.165, 1.54) is 11.1 Å². The van der Waals surface area contributed by atoms with Gasteiger partial charge in [0.1, 0.15) is 0 Å². The van der Waals surface area contributed by atoms with Crippen LogP contribution in [0, 0.1) is 6.42 Å². The first kappa shape index (κ1) is 9.25. The van der Waals surface area contributed by atoms with Crippen molar-refractivity contribution in [3.8, 4) is 0 Å². The number of rotatable bonds is 1. The molecule has 2 rings (SSSR count). The predicted octanol–water partition coefficient (Wildman–Crippen LogP) is 1.97. The van der Waals surface area contributed by atoms with Crippen molar-refractivity contribution in [2.45, 2.75) is 19.4 Å². The number of benzene rings is 1. The molecule has 2 heteroatoms. The van der Waals surface area contributed by atoms with Crippen LogP contribution in [0.5, 0.6) is 0 Å². The Morgan fingerprint density at radius 1 is 1.43 bits per heavy atom. The van der Waals surface area contributed by atoms with Gasteiger partial charge < -0.3 is 4.90 Å². The summed E-state index contributed by atoms with van der Waals surface area (Å²) in [5.41, 5.74) is 2.61. The summed E-state index contributed by atoms with van der Waals surface area (Å²) in [5.74, 6) is 0.114. The lowest BCUT2D eigenvalue weighted by atomic mass is 10.1. The molecule has 14 heavy (non-hydrogen) atoms. The molecule has 1 unspecified atom stereocenters. The molecule has 73 valence electrons. The maximum Gasteiger partial charge on any atom is 0.219 e. The number of hydrogen-bond acceptors (Lipinski definition) is 1. The number of amides is 1. The Balaban J connectivity index is 2.30. The summed E-state index contributed by atoms with van der Waals surface area (Å²) in [6, 6.07) is 8.47. The van der Waals surface area contributed by atoms with Gasteiger partial charge in [-0.2, -0.15) is 0 Å². The highest BCUT2D eigenvalue weighted by Crippen LogP contribution is 2.33. The Kier molecular flexibility index (Phi) is 2.28. The molecule has 1 radical (unpaired) electrons. The van der Waals surface area contributed by atoms with Crippen LogP contribution in [0.4, 0.5) is 0 Å². The Bertz CT molecular complexity index is 359. The first-order valence-electron chi connectivity index (χ1n) is 4.84. The van der Waals surface area contributed by atoms with Gasteiger partial charge in [0, 0.05) is 14.0 Å². The zero-order valence-electron chi connectivity index (χ0n) is 8.53. The molecule has 0 bridgehead atoms. The van der Waals surface area contributed by atoms with Gasteiger partial charge in [0.15, 0.2) is 0 Å². The highest BCUT2D eigenvalue weighted by Gasteiger charge is 2.26. The first-order valence-corrected chi connectivity index (χ1v) is 4.84. The third kappa shape index (κ3) is 1.41. The van der Waals surface area contributed by atoms with Gasteiger partial charge in [-0.1, -0.05) is 24.3 Å². The zero-order chi connectivity index (χ0) is 10.1. The standard InChI is InChI=1S/C12H14NO/c1-9(14)13(2)12-8-7-10-5-3-4-6-11(10)12/h3-6,8,12H,7H2,1-2H3. The molecule has 0 saturated carbocycles. The van der Waals surface area contributed by atoms with E-state index in [4.69, 9.17) is 0 Å². The maximum atomic E-state index is 11.2. The number of fused-ring (bicyclic) bond motifs is 1. The lowest BCUT2D eigenvalue weighted by Crippen LogP contribution is -2.27. The van der Waals surface area contributed by atoms with Crippen LogP contribution >= 0.6 is 0 Å². The van der Waals surface area contributed by atoms with Crippen LogP contribution in [0.15, 0.2) is 24.3 Å². The van der Waals surface area contributed by atoms with E-state index in [0.717, 1.165) is 6.42 Å². The van der Waals surface area contributed by atoms with Crippen molar-refractivity contribution < 1.29 is 4.79 Å². The molecular weight excluding hydrogens is 174 g/mol. The predicted molar refractivity (Wildman–Crippen MR) is 55.6 cm³/mol. The topological polar surface area (TPSA) is 20.3 Å². The van der Waals surface area contributed by atoms with Gasteiger partial charge in [0.05, 0.1) is 6.04 Å². The van der Waals surface area contributed by atoms with Crippen molar-refractivity contribution in [2.75, 3.05) is 7.05 Å². The minimum Gasteiger partial charge on any atom is -0.339 e. The molecular formula is C12H14NO. The van der Waals surface area contributed by atoms with E-state index in [1.54, 1.807) is 11.8 Å². The van der Waals surface area contributed by atoms with Gasteiger partial charge in [0.25, 0.3) is 0 Å². The quantitative estimate of drug-likeness (QED) is 0.659. The van der Waals surface area contributed by atoms with Crippen LogP contribution in [0.1, 0.15) is 24.1 Å². The Hall–Kier alpha value is -1.31. The molecule has 1 aromatic rings. The molecule has 1 aliphatic carbocycles. The van der Waals surface area contributed by atoms with Crippen LogP contribution in [0.25, 0.3) is 0 Å². The number of carbonyl (C=O) groups is 1. The van der Waals surface area contributed by atoms with E-state index in [1.807, 2.05) is 19.2 Å². The summed E-state index contributed by atoms with van der Waals surface area (Å²) >= 11 is 0. The molecule has 1 aliphatic rings. The molecule has 0 N–H and O–H groups in total. The molecule has 2 nitrogen and oxygen atoms in total. The summed E-state index contributed by atoms with van der Waals surface area (Å²) < 4.78 is 0. The molecule has 1 amide bonds. The number of carbonyl (C=O) groups excluding carboxylic acids is 1. The van der Waals surface area contributed by atoms with Gasteiger partial charge >= 0.3 is 0 Å². The summed E-state index contributed by atoms with van der Waals surface area (Å²) in [5, 5.41) is 0. The van der Waals surface area contributed by atoms with Crippen LogP contribution in [-0.2, 0) is 11.2 Å². The van der Waals surface area contributed by atoms with E-state index < -0.39 is 0 Å². The van der Waals surface area contributed by atoms with Gasteiger partial charge in [-0.15, -0.1) is 0 Å². The molecule has 1 aromatic carbocycles. The monoisotopic (exact) mass is 188 g/mol. The Morgan fingerprint density at radius 2 is 2.14 bits per heavy atom. The summed E-state index contributed by atoms with van der Waals surface area (Å²) in [4.78, 5) is 13.0. The third-order valence-electron chi connectivity index (χ3n) is 2.85. The minimum atomic E-state index is 0.114. The molecule has 0 saturated heterocycles.